The zero-order valence-corrected chi connectivity index (χ0v) is 7.67. The summed E-state index contributed by atoms with van der Waals surface area (Å²) in [5.41, 5.74) is 1.55. The van der Waals surface area contributed by atoms with E-state index in [1.165, 1.54) is 0 Å². The van der Waals surface area contributed by atoms with Gasteiger partial charge in [0.1, 0.15) is 0 Å². The maximum absolute atomic E-state index is 5.73. The molecule has 1 atom stereocenters. The van der Waals surface area contributed by atoms with E-state index >= 15 is 0 Å². The molecule has 2 heteroatoms. The monoisotopic (exact) mass is 154 g/mol. The molecule has 0 aromatic carbocycles. The molecule has 1 aliphatic rings. The van der Waals surface area contributed by atoms with E-state index in [0.717, 1.165) is 13.0 Å². The molecule has 0 radical (unpaired) electrons. The van der Waals surface area contributed by atoms with Crippen LogP contribution < -0.4 is 5.84 Å². The van der Waals surface area contributed by atoms with E-state index in [4.69, 9.17) is 5.84 Å². The highest BCUT2D eigenvalue weighted by Gasteiger charge is 2.16. The van der Waals surface area contributed by atoms with Crippen LogP contribution in [-0.2, 0) is 0 Å². The van der Waals surface area contributed by atoms with Gasteiger partial charge in [-0.15, -0.1) is 0 Å². The second-order valence-electron chi connectivity index (χ2n) is 3.62. The number of nitrogens with zero attached hydrogens (tertiary/aromatic N) is 1. The molecule has 2 N–H and O–H groups in total. The molecule has 64 valence electrons. The fourth-order valence-corrected chi connectivity index (χ4v) is 1.43. The van der Waals surface area contributed by atoms with Gasteiger partial charge in [-0.3, -0.25) is 5.84 Å². The first-order valence-corrected chi connectivity index (χ1v) is 4.33. The minimum Gasteiger partial charge on any atom is -0.268 e. The highest BCUT2D eigenvalue weighted by molar-refractivity contribution is 5.11. The van der Waals surface area contributed by atoms with Crippen LogP contribution in [0.1, 0.15) is 27.2 Å². The maximum Gasteiger partial charge on any atom is 0.0395 e. The molecule has 2 nitrogen and oxygen atoms in total. The molecule has 0 aromatic rings. The average molecular weight is 154 g/mol. The van der Waals surface area contributed by atoms with Crippen LogP contribution in [0.15, 0.2) is 11.6 Å². The molecular formula is C9H18N2. The van der Waals surface area contributed by atoms with Crippen molar-refractivity contribution in [3.63, 3.8) is 0 Å². The highest BCUT2D eigenvalue weighted by atomic mass is 15.4. The van der Waals surface area contributed by atoms with Crippen molar-refractivity contribution in [3.8, 4) is 0 Å². The van der Waals surface area contributed by atoms with E-state index in [9.17, 15) is 0 Å². The summed E-state index contributed by atoms with van der Waals surface area (Å²) in [7, 11) is 0. The number of rotatable bonds is 1. The Morgan fingerprint density at radius 3 is 2.73 bits per heavy atom. The van der Waals surface area contributed by atoms with Gasteiger partial charge < -0.3 is 0 Å². The average Bonchev–Trinajstić information content (AvgIpc) is 1.94. The van der Waals surface area contributed by atoms with Crippen molar-refractivity contribution in [3.05, 3.63) is 11.6 Å². The van der Waals surface area contributed by atoms with Gasteiger partial charge in [0.2, 0.25) is 0 Å². The lowest BCUT2D eigenvalue weighted by Gasteiger charge is -2.29. The molecule has 0 aliphatic carbocycles. The molecular weight excluding hydrogens is 136 g/mol. The first-order chi connectivity index (χ1) is 5.11. The zero-order valence-electron chi connectivity index (χ0n) is 7.67. The molecule has 0 saturated heterocycles. The minimum absolute atomic E-state index is 0.418. The van der Waals surface area contributed by atoms with Gasteiger partial charge >= 0.3 is 0 Å². The Morgan fingerprint density at radius 1 is 1.64 bits per heavy atom. The van der Waals surface area contributed by atoms with Crippen LogP contribution in [0.2, 0.25) is 0 Å². The molecule has 1 heterocycles. The molecule has 0 spiro atoms. The lowest BCUT2D eigenvalue weighted by molar-refractivity contribution is 0.234. The second-order valence-corrected chi connectivity index (χ2v) is 3.62. The van der Waals surface area contributed by atoms with Crippen molar-refractivity contribution in [1.82, 2.24) is 5.01 Å². The van der Waals surface area contributed by atoms with E-state index in [1.54, 1.807) is 5.57 Å². The fraction of sp³-hybridized carbons (Fsp3) is 0.778. The van der Waals surface area contributed by atoms with Crippen molar-refractivity contribution >= 4 is 0 Å². The maximum atomic E-state index is 5.73. The summed E-state index contributed by atoms with van der Waals surface area (Å²) in [5.74, 6) is 6.42. The summed E-state index contributed by atoms with van der Waals surface area (Å²) in [4.78, 5) is 0. The molecule has 0 fully saturated rings. The standard InChI is InChI=1S/C9H18N2/c1-7(2)9-4-5-11(10)8(3)6-9/h6-8H,4-5,10H2,1-3H3/t8-/m1/s1. The van der Waals surface area contributed by atoms with Gasteiger partial charge in [-0.25, -0.2) is 5.01 Å². The minimum atomic E-state index is 0.418. The van der Waals surface area contributed by atoms with Crippen LogP contribution >= 0.6 is 0 Å². The molecule has 1 aliphatic heterocycles. The van der Waals surface area contributed by atoms with Crippen LogP contribution in [-0.4, -0.2) is 17.6 Å². The van der Waals surface area contributed by atoms with Gasteiger partial charge in [-0.1, -0.05) is 25.5 Å². The SMILES string of the molecule is CC(C)C1=C[C@@H](C)N(N)CC1. The summed E-state index contributed by atoms with van der Waals surface area (Å²) in [6.45, 7) is 7.63. The Balaban J connectivity index is 2.63. The third kappa shape index (κ3) is 2.04. The van der Waals surface area contributed by atoms with Crippen molar-refractivity contribution < 1.29 is 0 Å². The van der Waals surface area contributed by atoms with Crippen LogP contribution in [0.25, 0.3) is 0 Å². The summed E-state index contributed by atoms with van der Waals surface area (Å²) in [6.07, 6.45) is 3.42. The Hall–Kier alpha value is -0.340. The number of hydrogen-bond donors (Lipinski definition) is 1. The van der Waals surface area contributed by atoms with Gasteiger partial charge in [0.15, 0.2) is 0 Å². The summed E-state index contributed by atoms with van der Waals surface area (Å²) >= 11 is 0. The van der Waals surface area contributed by atoms with Crippen molar-refractivity contribution in [2.24, 2.45) is 11.8 Å². The lowest BCUT2D eigenvalue weighted by atomic mass is 9.95. The smallest absolute Gasteiger partial charge is 0.0395 e. The summed E-state index contributed by atoms with van der Waals surface area (Å²) in [6, 6.07) is 0.418. The third-order valence-electron chi connectivity index (χ3n) is 2.38. The topological polar surface area (TPSA) is 29.3 Å². The number of hydrogen-bond acceptors (Lipinski definition) is 2. The van der Waals surface area contributed by atoms with Crippen LogP contribution in [0.5, 0.6) is 0 Å². The number of hydrazine groups is 1. The van der Waals surface area contributed by atoms with Crippen LogP contribution in [0, 0.1) is 5.92 Å². The Bertz CT molecular complexity index is 161. The normalized spacial score (nSPS) is 27.4. The Kier molecular flexibility index (Phi) is 2.68. The molecule has 11 heavy (non-hydrogen) atoms. The predicted octanol–water partition coefficient (Wildman–Crippen LogP) is 1.54. The molecule has 0 bridgehead atoms. The van der Waals surface area contributed by atoms with Gasteiger partial charge in [-0.05, 0) is 19.3 Å². The highest BCUT2D eigenvalue weighted by Crippen LogP contribution is 2.20. The first-order valence-electron chi connectivity index (χ1n) is 4.33. The van der Waals surface area contributed by atoms with Crippen molar-refractivity contribution in [2.75, 3.05) is 6.54 Å². The number of nitrogens with two attached hydrogens (primary N) is 1. The van der Waals surface area contributed by atoms with Crippen molar-refractivity contribution in [2.45, 2.75) is 33.2 Å². The second kappa shape index (κ2) is 3.37. The van der Waals surface area contributed by atoms with E-state index in [-0.39, 0.29) is 0 Å². The van der Waals surface area contributed by atoms with E-state index < -0.39 is 0 Å². The molecule has 0 saturated carbocycles. The molecule has 1 rings (SSSR count). The molecule has 0 amide bonds. The lowest BCUT2D eigenvalue weighted by Crippen LogP contribution is -2.41. The van der Waals surface area contributed by atoms with Gasteiger partial charge in [-0.2, -0.15) is 0 Å². The van der Waals surface area contributed by atoms with Gasteiger partial charge in [0.25, 0.3) is 0 Å². The van der Waals surface area contributed by atoms with Crippen molar-refractivity contribution in [1.29, 1.82) is 0 Å². The van der Waals surface area contributed by atoms with E-state index in [1.807, 2.05) is 5.01 Å². The first kappa shape index (κ1) is 8.75. The third-order valence-corrected chi connectivity index (χ3v) is 2.38. The zero-order chi connectivity index (χ0) is 8.43. The van der Waals surface area contributed by atoms with Gasteiger partial charge in [0.05, 0.1) is 0 Å². The molecule has 0 aromatic heterocycles. The summed E-state index contributed by atoms with van der Waals surface area (Å²) < 4.78 is 0. The van der Waals surface area contributed by atoms with Crippen LogP contribution in [0.4, 0.5) is 0 Å². The Labute approximate surface area is 69.0 Å². The summed E-state index contributed by atoms with van der Waals surface area (Å²) in [5, 5.41) is 1.89. The predicted molar refractivity (Wildman–Crippen MR) is 47.9 cm³/mol. The van der Waals surface area contributed by atoms with Crippen LogP contribution in [0.3, 0.4) is 0 Å². The Morgan fingerprint density at radius 2 is 2.27 bits per heavy atom. The largest absolute Gasteiger partial charge is 0.268 e. The quantitative estimate of drug-likeness (QED) is 0.458. The van der Waals surface area contributed by atoms with Gasteiger partial charge in [0, 0.05) is 12.6 Å². The molecule has 0 unspecified atom stereocenters. The van der Waals surface area contributed by atoms with E-state index in [2.05, 4.69) is 26.8 Å². The fourth-order valence-electron chi connectivity index (χ4n) is 1.43. The van der Waals surface area contributed by atoms with E-state index in [0.29, 0.717) is 12.0 Å².